The zero-order valence-corrected chi connectivity index (χ0v) is 89.8. The van der Waals surface area contributed by atoms with Crippen LogP contribution in [0.3, 0.4) is 0 Å². The molecule has 0 fully saturated rings. The molecule has 692 valence electrons. The number of carbonyl (C=O) groups excluding carboxylic acids is 2. The third kappa shape index (κ3) is 40.8. The van der Waals surface area contributed by atoms with Crippen LogP contribution in [-0.4, -0.2) is 90.0 Å². The van der Waals surface area contributed by atoms with Gasteiger partial charge < -0.3 is 35.2 Å². The van der Waals surface area contributed by atoms with E-state index in [2.05, 4.69) is 239 Å². The van der Waals surface area contributed by atoms with Gasteiger partial charge in [0.1, 0.15) is 0 Å². The van der Waals surface area contributed by atoms with Crippen LogP contribution in [0.5, 0.6) is 0 Å². The fourth-order valence-electron chi connectivity index (χ4n) is 12.6. The van der Waals surface area contributed by atoms with Crippen molar-refractivity contribution in [3.05, 3.63) is 465 Å². The summed E-state index contributed by atoms with van der Waals surface area (Å²) in [6, 6.07) is 129. The molecule has 0 saturated heterocycles. The van der Waals surface area contributed by atoms with Crippen LogP contribution in [0.2, 0.25) is 0 Å². The molecule has 135 heavy (non-hydrogen) atoms. The number of carbonyl (C=O) groups is 2. The van der Waals surface area contributed by atoms with Crippen molar-refractivity contribution in [2.45, 2.75) is 67.2 Å². The van der Waals surface area contributed by atoms with Gasteiger partial charge >= 0.3 is 39.3 Å². The largest absolute Gasteiger partial charge is 1.00 e. The van der Waals surface area contributed by atoms with E-state index in [0.29, 0.717) is 11.6 Å². The van der Waals surface area contributed by atoms with Gasteiger partial charge in [-0.1, -0.05) is 175 Å². The van der Waals surface area contributed by atoms with Crippen LogP contribution in [0.4, 0.5) is 0 Å². The molecule has 0 atom stereocenters. The number of aromatic nitrogens is 12. The molecular formula is C111H103Ir2N12O4OsP2PtRuS-. The van der Waals surface area contributed by atoms with Gasteiger partial charge in [-0.3, -0.25) is 44.6 Å². The number of aliphatic hydroxyl groups is 2. The molecule has 9 heterocycles. The first kappa shape index (κ1) is 114. The number of allylic oxidation sites excluding steroid dienone is 4. The van der Waals surface area contributed by atoms with Crippen molar-refractivity contribution in [3.63, 3.8) is 0 Å². The maximum Gasteiger partial charge on any atom is 1.00 e. The second-order valence-corrected chi connectivity index (χ2v) is 34.7. The summed E-state index contributed by atoms with van der Waals surface area (Å²) in [4.78, 5) is 65.0. The van der Waals surface area contributed by atoms with Crippen molar-refractivity contribution in [3.8, 4) is 89.8 Å². The Morgan fingerprint density at radius 3 is 1.07 bits per heavy atom. The molecule has 24 heteroatoms. The Kier molecular flexibility index (Phi) is 54.8. The standard InChI is InChI=1S/C20H17N2.C16H11N2.2C13H13P.C11H8N.C10H8N2.C9H9N4.C9H6NS.2C5H8O2.2Ir.Os.Pt.Ru/c1-3-9-15(10-4-1)19-20(16-11-5-2-6-12-16)22-18-14-8-7-13-17(18)21-19;1-3-7-13(8-4-1)15-16(18-12-11-17-15)14-9-5-2-6-10-14;2*1-14(12-8-4-2-5-9-12)13-10-6-3-7-11-13;1-2-6-10(7-3-1)11-8-4-5-9-12-11;1-3-7-11-9(5-1)10-6-2-4-8-12-10;1-6-3-4-10-8(5-6)9-11-7(2)12-13-9;1-2-6-10-8(4-1)9-5-3-7-11-9;2*1-4(6)3-5(2)7;;;;;/h1-6,9-11H,7-8,13-14H2;1-9,11-12H;2*2-11H,1H3;1-6,8-9H;1-8H;3-5H,1-2H3;1-4,6-7H;2*3,6H,1-2H3;;;;;/q2*-1;;;-1;;2*-1;;;;;+1;;+1/p+2. The van der Waals surface area contributed by atoms with Crippen LogP contribution in [0, 0.1) is 38.1 Å². The average molecular weight is 2630 g/mol. The molecule has 0 bridgehead atoms. The Hall–Kier alpha value is -11.7. The van der Waals surface area contributed by atoms with Crippen molar-refractivity contribution in [2.75, 3.05) is 13.3 Å². The SMILES string of the molecule is CC(=O)C=C(C)O.CC(=O)C=C(C)O.C[PH+](c1ccccc1)c1ccccc1.C[PH+](c1ccccc1)c1ccccc1.Cc1ccnc(-c2nc(C)n[n-]2)c1.[Ir].[Ir].[Os+].[Pt].[Ru+].[c-]1ccccc1-c1ccccn1.[c-]1ccccc1-c1nc2c(nc1-c1ccccc1)CCCC2.[c-]1ccccc1-c1nccnc1-c1ccccc1.[c-]1ccsc1-c1ccccn1.c1ccc(-c2ccccn2)nc1. The zero-order valence-electron chi connectivity index (χ0n) is 75.7. The molecule has 2 N–H and O–H groups in total. The fraction of sp³-hybridized carbons (Fsp3) is 0.108. The topological polar surface area (TPSA) is 230 Å². The van der Waals surface area contributed by atoms with Gasteiger partial charge in [0.25, 0.3) is 0 Å². The number of pyridine rings is 5. The second-order valence-electron chi connectivity index (χ2n) is 29.0. The summed E-state index contributed by atoms with van der Waals surface area (Å²) in [5.74, 6) is 1.15. The number of hydrogen-bond acceptors (Lipinski definition) is 16. The monoisotopic (exact) mass is 2640 g/mol. The molecule has 16 nitrogen and oxygen atoms in total. The molecule has 1 aliphatic rings. The number of nitrogens with zero attached hydrogens (tertiary/aromatic N) is 12. The predicted molar refractivity (Wildman–Crippen MR) is 537 cm³/mol. The molecule has 0 saturated carbocycles. The Bertz CT molecular complexity index is 5870. The number of aryl methyl sites for hydroxylation is 4. The van der Waals surface area contributed by atoms with Crippen molar-refractivity contribution in [2.24, 2.45) is 0 Å². The van der Waals surface area contributed by atoms with E-state index in [1.807, 2.05) is 213 Å². The number of ketones is 2. The van der Waals surface area contributed by atoms with E-state index in [-0.39, 0.29) is 124 Å². The number of rotatable bonds is 14. The van der Waals surface area contributed by atoms with E-state index >= 15 is 0 Å². The first-order chi connectivity index (χ1) is 63.5. The minimum Gasteiger partial charge on any atom is -0.512 e. The van der Waals surface area contributed by atoms with Crippen LogP contribution in [0.25, 0.3) is 89.8 Å². The van der Waals surface area contributed by atoms with Gasteiger partial charge in [0.15, 0.2) is 11.6 Å². The van der Waals surface area contributed by atoms with Crippen LogP contribution in [-0.2, 0) is 123 Å². The summed E-state index contributed by atoms with van der Waals surface area (Å²) in [6.07, 6.45) is 19.1. The normalized spacial score (nSPS) is 10.4. The second kappa shape index (κ2) is 65.0. The first-order valence-corrected chi connectivity index (χ1v) is 47.2. The molecule has 0 aliphatic heterocycles. The molecule has 9 aromatic heterocycles. The fourth-order valence-corrected chi connectivity index (χ4v) is 16.7. The van der Waals surface area contributed by atoms with Gasteiger partial charge in [0.05, 0.1) is 102 Å². The summed E-state index contributed by atoms with van der Waals surface area (Å²) in [7, 11) is -1.09. The van der Waals surface area contributed by atoms with E-state index in [0.717, 1.165) is 108 Å². The maximum atomic E-state index is 10.0. The van der Waals surface area contributed by atoms with Crippen LogP contribution in [0.1, 0.15) is 63.3 Å². The number of benzene rings is 9. The summed E-state index contributed by atoms with van der Waals surface area (Å²) in [5, 5.41) is 32.4. The molecule has 1 aliphatic carbocycles. The smallest absolute Gasteiger partial charge is 0.512 e. The van der Waals surface area contributed by atoms with Crippen molar-refractivity contribution >= 4 is 60.0 Å². The summed E-state index contributed by atoms with van der Waals surface area (Å²) < 4.78 is 0. The molecule has 0 amide bonds. The molecule has 0 unspecified atom stereocenters. The van der Waals surface area contributed by atoms with E-state index < -0.39 is 15.8 Å². The molecule has 18 aromatic rings. The molecule has 19 rings (SSSR count). The predicted octanol–water partition coefficient (Wildman–Crippen LogP) is 23.5. The van der Waals surface area contributed by atoms with Gasteiger partial charge in [-0.05, 0) is 198 Å². The van der Waals surface area contributed by atoms with Crippen LogP contribution >= 0.6 is 27.2 Å². The Labute approximate surface area is 867 Å². The van der Waals surface area contributed by atoms with Gasteiger partial charge in [0.2, 0.25) is 0 Å². The Balaban J connectivity index is 0.000000268. The Morgan fingerprint density at radius 2 is 0.726 bits per heavy atom. The number of fused-ring (bicyclic) bond motifs is 1. The van der Waals surface area contributed by atoms with E-state index in [1.165, 1.54) is 79.6 Å². The minimum absolute atomic E-state index is 0. The van der Waals surface area contributed by atoms with Crippen molar-refractivity contribution < 1.29 is 120 Å². The third-order valence-electron chi connectivity index (χ3n) is 18.8. The summed E-state index contributed by atoms with van der Waals surface area (Å²) in [5.41, 5.74) is 17.0. The van der Waals surface area contributed by atoms with Gasteiger partial charge in [0, 0.05) is 134 Å². The summed E-state index contributed by atoms with van der Waals surface area (Å²) in [6.45, 7) is 14.2. The van der Waals surface area contributed by atoms with Crippen LogP contribution < -0.4 is 26.3 Å². The third-order valence-corrected chi connectivity index (χ3v) is 24.4. The van der Waals surface area contributed by atoms with E-state index in [1.54, 1.807) is 54.7 Å². The molecular weight excluding hydrogens is 2530 g/mol. The zero-order chi connectivity index (χ0) is 91.5. The quantitative estimate of drug-likeness (QED) is 0.0339. The first-order valence-electron chi connectivity index (χ1n) is 42.3. The number of hydrogen-bond donors (Lipinski definition) is 2. The van der Waals surface area contributed by atoms with Crippen molar-refractivity contribution in [1.82, 2.24) is 60.0 Å². The molecule has 0 spiro atoms. The average Bonchev–Trinajstić information content (AvgIpc) is 1.18. The Morgan fingerprint density at radius 1 is 0.370 bits per heavy atom. The van der Waals surface area contributed by atoms with Gasteiger partial charge in [-0.2, -0.15) is 12.1 Å². The number of aliphatic hydroxyl groups excluding tert-OH is 2. The van der Waals surface area contributed by atoms with Gasteiger partial charge in [-0.15, -0.1) is 113 Å². The number of thiophene rings is 1. The maximum absolute atomic E-state index is 10.0. The minimum atomic E-state index is -0.545. The van der Waals surface area contributed by atoms with Crippen LogP contribution in [0.15, 0.2) is 418 Å². The van der Waals surface area contributed by atoms with E-state index in [4.69, 9.17) is 20.2 Å². The molecule has 9 aromatic carbocycles. The van der Waals surface area contributed by atoms with Crippen molar-refractivity contribution in [1.29, 1.82) is 0 Å². The summed E-state index contributed by atoms with van der Waals surface area (Å²) >= 11 is 1.66. The van der Waals surface area contributed by atoms with E-state index in [9.17, 15) is 9.59 Å². The van der Waals surface area contributed by atoms with Gasteiger partial charge in [-0.25, -0.2) is 11.3 Å². The molecule has 4 radical (unpaired) electrons.